The average molecular weight is 705 g/mol. The predicted molar refractivity (Wildman–Crippen MR) is 200 cm³/mol. The van der Waals surface area contributed by atoms with Crippen LogP contribution < -0.4 is 11.1 Å². The summed E-state index contributed by atoms with van der Waals surface area (Å²) in [5.74, 6) is -0.430. The van der Waals surface area contributed by atoms with Crippen LogP contribution in [0.2, 0.25) is 0 Å². The normalized spacial score (nSPS) is 15.0. The number of aliphatic hydroxyl groups excluding tert-OH is 2. The van der Waals surface area contributed by atoms with E-state index in [-0.39, 0.29) is 26.2 Å². The van der Waals surface area contributed by atoms with E-state index < -0.39 is 32.0 Å². The van der Waals surface area contributed by atoms with Crippen molar-refractivity contribution in [3.63, 3.8) is 0 Å². The minimum absolute atomic E-state index is 0.0582. The molecule has 0 rings (SSSR count). The SMILES string of the molecule is CCCCCCCC/C=C\CCCC(O)CC(=O)NC(COP(=O)(O)OCCN)C(O)CCCCCCCCCCCCCCCCC. The van der Waals surface area contributed by atoms with Crippen LogP contribution in [-0.2, 0) is 18.4 Å². The van der Waals surface area contributed by atoms with Gasteiger partial charge in [-0.1, -0.05) is 154 Å². The number of amides is 1. The molecule has 0 aromatic rings. The molecular formula is C38H77N2O7P. The maximum atomic E-state index is 12.7. The number of hydrogen-bond acceptors (Lipinski definition) is 7. The molecule has 0 aliphatic carbocycles. The van der Waals surface area contributed by atoms with Crippen molar-refractivity contribution in [1.82, 2.24) is 5.32 Å². The monoisotopic (exact) mass is 705 g/mol. The average Bonchev–Trinajstić information content (AvgIpc) is 3.06. The molecule has 0 saturated heterocycles. The van der Waals surface area contributed by atoms with E-state index in [1.54, 1.807) is 0 Å². The minimum atomic E-state index is -4.37. The van der Waals surface area contributed by atoms with Crippen LogP contribution in [0.4, 0.5) is 0 Å². The molecule has 0 bridgehead atoms. The Bertz CT molecular complexity index is 786. The van der Waals surface area contributed by atoms with Gasteiger partial charge in [-0.05, 0) is 38.5 Å². The number of phosphoric ester groups is 1. The lowest BCUT2D eigenvalue weighted by molar-refractivity contribution is -0.125. The second-order valence-electron chi connectivity index (χ2n) is 13.7. The topological polar surface area (TPSA) is 151 Å². The number of carbonyl (C=O) groups is 1. The smallest absolute Gasteiger partial charge is 0.393 e. The van der Waals surface area contributed by atoms with E-state index in [1.165, 1.54) is 116 Å². The summed E-state index contributed by atoms with van der Waals surface area (Å²) in [4.78, 5) is 22.7. The van der Waals surface area contributed by atoms with Gasteiger partial charge in [-0.25, -0.2) is 4.57 Å². The maximum Gasteiger partial charge on any atom is 0.472 e. The van der Waals surface area contributed by atoms with Gasteiger partial charge in [-0.3, -0.25) is 13.8 Å². The third-order valence-electron chi connectivity index (χ3n) is 8.92. The number of hydrogen-bond donors (Lipinski definition) is 5. The van der Waals surface area contributed by atoms with Crippen molar-refractivity contribution in [1.29, 1.82) is 0 Å². The Kier molecular flexibility index (Phi) is 34.1. The molecule has 10 heteroatoms. The number of rotatable bonds is 37. The molecular weight excluding hydrogens is 627 g/mol. The zero-order valence-electron chi connectivity index (χ0n) is 31.1. The summed E-state index contributed by atoms with van der Waals surface area (Å²) in [6.45, 7) is 4.01. The third-order valence-corrected chi connectivity index (χ3v) is 9.91. The highest BCUT2D eigenvalue weighted by atomic mass is 31.2. The van der Waals surface area contributed by atoms with Gasteiger partial charge in [-0.15, -0.1) is 0 Å². The molecule has 0 aromatic carbocycles. The van der Waals surface area contributed by atoms with Gasteiger partial charge < -0.3 is 26.2 Å². The Morgan fingerprint density at radius 2 is 1.15 bits per heavy atom. The van der Waals surface area contributed by atoms with Crippen molar-refractivity contribution in [2.24, 2.45) is 5.73 Å². The van der Waals surface area contributed by atoms with Crippen LogP contribution in [0.25, 0.3) is 0 Å². The first-order chi connectivity index (χ1) is 23.3. The zero-order chi connectivity index (χ0) is 35.6. The largest absolute Gasteiger partial charge is 0.472 e. The molecule has 9 nitrogen and oxygen atoms in total. The van der Waals surface area contributed by atoms with Crippen LogP contribution in [0, 0.1) is 0 Å². The van der Waals surface area contributed by atoms with Crippen LogP contribution in [0.5, 0.6) is 0 Å². The highest BCUT2D eigenvalue weighted by Gasteiger charge is 2.28. The van der Waals surface area contributed by atoms with Crippen molar-refractivity contribution >= 4 is 13.7 Å². The molecule has 0 aliphatic heterocycles. The molecule has 0 aromatic heterocycles. The van der Waals surface area contributed by atoms with E-state index >= 15 is 0 Å². The maximum absolute atomic E-state index is 12.7. The van der Waals surface area contributed by atoms with Crippen molar-refractivity contribution in [3.8, 4) is 0 Å². The second kappa shape index (κ2) is 34.6. The molecule has 0 spiro atoms. The lowest BCUT2D eigenvalue weighted by Crippen LogP contribution is -2.47. The first-order valence-corrected chi connectivity index (χ1v) is 21.4. The van der Waals surface area contributed by atoms with Crippen molar-refractivity contribution in [2.45, 2.75) is 205 Å². The number of aliphatic hydroxyl groups is 2. The standard InChI is InChI=1S/C38H77N2O7P/c1-3-5-7-9-11-13-15-16-17-18-20-22-24-26-28-30-37(42)36(34-47-48(44,45)46-32-31-39)40-38(43)33-35(41)29-27-25-23-21-19-14-12-10-8-6-4-2/h21,23,35-37,41-42H,3-20,22,24-34,39H2,1-2H3,(H,40,43)(H,44,45)/b23-21-. The Labute approximate surface area is 295 Å². The fraction of sp³-hybridized carbons (Fsp3) is 0.921. The molecule has 0 radical (unpaired) electrons. The molecule has 1 amide bonds. The summed E-state index contributed by atoms with van der Waals surface area (Å²) in [6.07, 6.45) is 32.6. The van der Waals surface area contributed by atoms with Gasteiger partial charge in [0.05, 0.1) is 37.9 Å². The third kappa shape index (κ3) is 32.4. The van der Waals surface area contributed by atoms with Crippen LogP contribution >= 0.6 is 7.82 Å². The number of unbranched alkanes of at least 4 members (excludes halogenated alkanes) is 21. The number of phosphoric acid groups is 1. The summed E-state index contributed by atoms with van der Waals surface area (Å²) >= 11 is 0. The summed E-state index contributed by atoms with van der Waals surface area (Å²) in [7, 11) is -4.37. The number of nitrogens with two attached hydrogens (primary N) is 1. The molecule has 0 saturated carbocycles. The molecule has 0 aliphatic rings. The van der Waals surface area contributed by atoms with E-state index in [0.29, 0.717) is 12.8 Å². The summed E-state index contributed by atoms with van der Waals surface area (Å²) in [5.41, 5.74) is 5.35. The fourth-order valence-corrected chi connectivity index (χ4v) is 6.65. The Hall–Kier alpha value is -0.800. The molecule has 48 heavy (non-hydrogen) atoms. The van der Waals surface area contributed by atoms with Gasteiger partial charge in [0.15, 0.2) is 0 Å². The first-order valence-electron chi connectivity index (χ1n) is 19.9. The van der Waals surface area contributed by atoms with E-state index in [1.807, 2.05) is 0 Å². The Balaban J connectivity index is 4.36. The van der Waals surface area contributed by atoms with Crippen LogP contribution in [0.15, 0.2) is 12.2 Å². The van der Waals surface area contributed by atoms with Gasteiger partial charge in [0.1, 0.15) is 0 Å². The molecule has 0 fully saturated rings. The van der Waals surface area contributed by atoms with E-state index in [9.17, 15) is 24.5 Å². The fourth-order valence-electron chi connectivity index (χ4n) is 5.89. The number of nitrogens with one attached hydrogen (secondary N) is 1. The zero-order valence-corrected chi connectivity index (χ0v) is 32.0. The molecule has 286 valence electrons. The Morgan fingerprint density at radius 1 is 0.688 bits per heavy atom. The minimum Gasteiger partial charge on any atom is -0.393 e. The predicted octanol–water partition coefficient (Wildman–Crippen LogP) is 9.41. The van der Waals surface area contributed by atoms with E-state index in [4.69, 9.17) is 14.8 Å². The second-order valence-corrected chi connectivity index (χ2v) is 15.1. The van der Waals surface area contributed by atoms with Gasteiger partial charge >= 0.3 is 7.82 Å². The van der Waals surface area contributed by atoms with Gasteiger partial charge in [0, 0.05) is 6.54 Å². The molecule has 4 unspecified atom stereocenters. The molecule has 0 heterocycles. The van der Waals surface area contributed by atoms with E-state index in [0.717, 1.165) is 38.5 Å². The van der Waals surface area contributed by atoms with Crippen LogP contribution in [0.3, 0.4) is 0 Å². The first kappa shape index (κ1) is 47.2. The molecule has 4 atom stereocenters. The molecule has 6 N–H and O–H groups in total. The van der Waals surface area contributed by atoms with Crippen molar-refractivity contribution in [2.75, 3.05) is 19.8 Å². The quantitative estimate of drug-likeness (QED) is 0.0244. The van der Waals surface area contributed by atoms with Gasteiger partial charge in [0.25, 0.3) is 0 Å². The Morgan fingerprint density at radius 3 is 1.65 bits per heavy atom. The number of allylic oxidation sites excluding steroid dienone is 2. The van der Waals surface area contributed by atoms with E-state index in [2.05, 4.69) is 31.3 Å². The number of carbonyl (C=O) groups excluding carboxylic acids is 1. The van der Waals surface area contributed by atoms with Gasteiger partial charge in [0.2, 0.25) is 5.91 Å². The van der Waals surface area contributed by atoms with Crippen molar-refractivity contribution in [3.05, 3.63) is 12.2 Å². The van der Waals surface area contributed by atoms with Gasteiger partial charge in [-0.2, -0.15) is 0 Å². The van der Waals surface area contributed by atoms with Crippen molar-refractivity contribution < 1.29 is 33.5 Å². The van der Waals surface area contributed by atoms with Crippen LogP contribution in [-0.4, -0.2) is 59.0 Å². The summed E-state index contributed by atoms with van der Waals surface area (Å²) in [6, 6.07) is -0.900. The van der Waals surface area contributed by atoms with Crippen LogP contribution in [0.1, 0.15) is 187 Å². The highest BCUT2D eigenvalue weighted by molar-refractivity contribution is 7.47. The summed E-state index contributed by atoms with van der Waals surface area (Å²) in [5, 5.41) is 24.0. The summed E-state index contributed by atoms with van der Waals surface area (Å²) < 4.78 is 22.0. The lowest BCUT2D eigenvalue weighted by atomic mass is 10.0. The lowest BCUT2D eigenvalue weighted by Gasteiger charge is -2.25. The highest BCUT2D eigenvalue weighted by Crippen LogP contribution is 2.43.